The van der Waals surface area contributed by atoms with E-state index in [9.17, 15) is 4.79 Å². The maximum atomic E-state index is 11.0. The molecular weight excluding hydrogens is 225 g/mol. The molecule has 0 saturated heterocycles. The Morgan fingerprint density at radius 1 is 1.64 bits per heavy atom. The third-order valence-corrected chi connectivity index (χ3v) is 1.86. The number of rotatable bonds is 3. The van der Waals surface area contributed by atoms with Crippen molar-refractivity contribution in [3.05, 3.63) is 33.2 Å². The number of pyridine rings is 1. The number of hydrogen-bond acceptors (Lipinski definition) is 3. The molecule has 0 aromatic carbocycles. The van der Waals surface area contributed by atoms with Crippen LogP contribution in [0.15, 0.2) is 27.6 Å². The summed E-state index contributed by atoms with van der Waals surface area (Å²) in [4.78, 5) is 13.5. The lowest BCUT2D eigenvalue weighted by Gasteiger charge is -2.04. The molecule has 1 rings (SSSR count). The first-order valence-corrected chi connectivity index (χ1v) is 4.59. The van der Waals surface area contributed by atoms with E-state index in [1.165, 1.54) is 6.20 Å². The second-order valence-electron chi connectivity index (χ2n) is 2.51. The number of H-pyrrole nitrogens is 1. The van der Waals surface area contributed by atoms with Crippen molar-refractivity contribution in [3.8, 4) is 0 Å². The highest BCUT2D eigenvalue weighted by Gasteiger charge is 1.99. The van der Waals surface area contributed by atoms with Crippen molar-refractivity contribution >= 4 is 34.6 Å². The molecule has 0 atom stereocenters. The standard InChI is InChI=1S/C8H9Cl2N3O/c9-6(10)2-4-12-5-1-3-13-8(14)7(5)11/h1-3H,4,11H2,(H2,12,13,14). The summed E-state index contributed by atoms with van der Waals surface area (Å²) in [6.07, 6.45) is 3.07. The van der Waals surface area contributed by atoms with Crippen LogP contribution in [0.25, 0.3) is 0 Å². The number of hydrogen-bond donors (Lipinski definition) is 3. The van der Waals surface area contributed by atoms with E-state index in [4.69, 9.17) is 28.9 Å². The summed E-state index contributed by atoms with van der Waals surface area (Å²) in [6.45, 7) is 0.413. The highest BCUT2D eigenvalue weighted by Crippen LogP contribution is 2.11. The predicted molar refractivity (Wildman–Crippen MR) is 59.8 cm³/mol. The fourth-order valence-corrected chi connectivity index (χ4v) is 1.04. The minimum atomic E-state index is -0.323. The van der Waals surface area contributed by atoms with Gasteiger partial charge < -0.3 is 16.0 Å². The minimum Gasteiger partial charge on any atom is -0.393 e. The normalized spacial score (nSPS) is 9.57. The van der Waals surface area contributed by atoms with Gasteiger partial charge in [0.1, 0.15) is 10.2 Å². The molecule has 14 heavy (non-hydrogen) atoms. The van der Waals surface area contributed by atoms with Crippen molar-refractivity contribution in [1.29, 1.82) is 0 Å². The van der Waals surface area contributed by atoms with Gasteiger partial charge in [0.25, 0.3) is 5.56 Å². The molecule has 6 heteroatoms. The van der Waals surface area contributed by atoms with Crippen LogP contribution < -0.4 is 16.6 Å². The molecule has 0 saturated carbocycles. The second kappa shape index (κ2) is 4.93. The fourth-order valence-electron chi connectivity index (χ4n) is 0.883. The molecule has 0 aliphatic carbocycles. The van der Waals surface area contributed by atoms with E-state index in [2.05, 4.69) is 10.3 Å². The Hall–Kier alpha value is -1.13. The number of anilines is 2. The highest BCUT2D eigenvalue weighted by atomic mass is 35.5. The minimum absolute atomic E-state index is 0.145. The van der Waals surface area contributed by atoms with Crippen LogP contribution in [0.3, 0.4) is 0 Å². The molecule has 1 aromatic heterocycles. The monoisotopic (exact) mass is 233 g/mol. The van der Waals surface area contributed by atoms with Gasteiger partial charge in [0, 0.05) is 12.7 Å². The lowest BCUT2D eigenvalue weighted by molar-refractivity contribution is 1.22. The summed E-state index contributed by atoms with van der Waals surface area (Å²) >= 11 is 10.8. The Morgan fingerprint density at radius 2 is 2.36 bits per heavy atom. The highest BCUT2D eigenvalue weighted by molar-refractivity contribution is 6.55. The summed E-state index contributed by atoms with van der Waals surface area (Å²) in [5.74, 6) is 0. The van der Waals surface area contributed by atoms with E-state index in [1.807, 2.05) is 0 Å². The topological polar surface area (TPSA) is 70.9 Å². The Bertz CT molecular complexity index is 396. The van der Waals surface area contributed by atoms with E-state index < -0.39 is 0 Å². The first kappa shape index (κ1) is 10.9. The lowest BCUT2D eigenvalue weighted by atomic mass is 10.3. The van der Waals surface area contributed by atoms with Crippen molar-refractivity contribution < 1.29 is 0 Å². The van der Waals surface area contributed by atoms with E-state index in [1.54, 1.807) is 12.1 Å². The number of nitrogens with one attached hydrogen (secondary N) is 2. The van der Waals surface area contributed by atoms with Gasteiger partial charge in [0.2, 0.25) is 0 Å². The summed E-state index contributed by atoms with van der Waals surface area (Å²) < 4.78 is 0.168. The lowest BCUT2D eigenvalue weighted by Crippen LogP contribution is -2.14. The average Bonchev–Trinajstić information content (AvgIpc) is 2.12. The Balaban J connectivity index is 2.73. The Kier molecular flexibility index (Phi) is 3.85. The van der Waals surface area contributed by atoms with Gasteiger partial charge in [-0.1, -0.05) is 23.2 Å². The number of aromatic amines is 1. The van der Waals surface area contributed by atoms with Crippen molar-refractivity contribution in [1.82, 2.24) is 4.98 Å². The molecule has 1 aromatic rings. The largest absolute Gasteiger partial charge is 0.393 e. The average molecular weight is 234 g/mol. The van der Waals surface area contributed by atoms with Crippen molar-refractivity contribution in [3.63, 3.8) is 0 Å². The van der Waals surface area contributed by atoms with Gasteiger partial charge in [-0.3, -0.25) is 4.79 Å². The molecule has 4 N–H and O–H groups in total. The fraction of sp³-hybridized carbons (Fsp3) is 0.125. The van der Waals surface area contributed by atoms with Crippen LogP contribution in [0.5, 0.6) is 0 Å². The van der Waals surface area contributed by atoms with Gasteiger partial charge in [-0.15, -0.1) is 0 Å². The van der Waals surface area contributed by atoms with Crippen LogP contribution in [0, 0.1) is 0 Å². The van der Waals surface area contributed by atoms with Crippen LogP contribution in [-0.2, 0) is 0 Å². The summed E-state index contributed by atoms with van der Waals surface area (Å²) in [6, 6.07) is 1.66. The summed E-state index contributed by atoms with van der Waals surface area (Å²) in [7, 11) is 0. The quantitative estimate of drug-likeness (QED) is 0.745. The van der Waals surface area contributed by atoms with Crippen molar-refractivity contribution in [2.24, 2.45) is 0 Å². The van der Waals surface area contributed by atoms with E-state index >= 15 is 0 Å². The molecule has 4 nitrogen and oxygen atoms in total. The molecular formula is C8H9Cl2N3O. The van der Waals surface area contributed by atoms with E-state index in [0.717, 1.165) is 0 Å². The van der Waals surface area contributed by atoms with Gasteiger partial charge in [-0.25, -0.2) is 0 Å². The SMILES string of the molecule is Nc1c(NCC=C(Cl)Cl)cc[nH]c1=O. The van der Waals surface area contributed by atoms with Crippen molar-refractivity contribution in [2.75, 3.05) is 17.6 Å². The molecule has 0 aliphatic heterocycles. The molecule has 0 radical (unpaired) electrons. The Morgan fingerprint density at radius 3 is 3.00 bits per heavy atom. The van der Waals surface area contributed by atoms with Crippen LogP contribution in [0.4, 0.5) is 11.4 Å². The Labute approximate surface area is 90.7 Å². The van der Waals surface area contributed by atoms with Crippen LogP contribution in [0.1, 0.15) is 0 Å². The predicted octanol–water partition coefficient (Wildman–Crippen LogP) is 1.69. The van der Waals surface area contributed by atoms with Crippen LogP contribution in [0.2, 0.25) is 0 Å². The third-order valence-electron chi connectivity index (χ3n) is 1.55. The number of nitrogen functional groups attached to an aromatic ring is 1. The molecule has 76 valence electrons. The second-order valence-corrected chi connectivity index (χ2v) is 3.52. The van der Waals surface area contributed by atoms with Gasteiger partial charge in [-0.2, -0.15) is 0 Å². The van der Waals surface area contributed by atoms with Crippen molar-refractivity contribution in [2.45, 2.75) is 0 Å². The maximum absolute atomic E-state index is 11.0. The summed E-state index contributed by atoms with van der Waals surface area (Å²) in [5, 5.41) is 2.89. The first-order valence-electron chi connectivity index (χ1n) is 3.83. The van der Waals surface area contributed by atoms with Crippen LogP contribution >= 0.6 is 23.2 Å². The zero-order valence-corrected chi connectivity index (χ0v) is 8.69. The van der Waals surface area contributed by atoms with Gasteiger partial charge in [0.15, 0.2) is 0 Å². The third kappa shape index (κ3) is 2.97. The number of halogens is 2. The molecule has 0 unspecified atom stereocenters. The van der Waals surface area contributed by atoms with E-state index in [-0.39, 0.29) is 15.7 Å². The first-order chi connectivity index (χ1) is 6.61. The zero-order chi connectivity index (χ0) is 10.6. The zero-order valence-electron chi connectivity index (χ0n) is 7.18. The smallest absolute Gasteiger partial charge is 0.273 e. The van der Waals surface area contributed by atoms with E-state index in [0.29, 0.717) is 12.2 Å². The van der Waals surface area contributed by atoms with Gasteiger partial charge in [0.05, 0.1) is 5.69 Å². The number of aromatic nitrogens is 1. The summed E-state index contributed by atoms with van der Waals surface area (Å²) in [5.41, 5.74) is 5.88. The van der Waals surface area contributed by atoms with Gasteiger partial charge in [-0.05, 0) is 12.1 Å². The molecule has 0 fully saturated rings. The molecule has 0 amide bonds. The molecule has 0 spiro atoms. The maximum Gasteiger partial charge on any atom is 0.273 e. The molecule has 0 aliphatic rings. The molecule has 1 heterocycles. The number of nitrogens with two attached hydrogens (primary N) is 1. The van der Waals surface area contributed by atoms with Crippen LogP contribution in [-0.4, -0.2) is 11.5 Å². The van der Waals surface area contributed by atoms with Gasteiger partial charge >= 0.3 is 0 Å². The molecule has 0 bridgehead atoms.